The molecule has 1 atom stereocenters. The van der Waals surface area contributed by atoms with Gasteiger partial charge >= 0.3 is 0 Å². The van der Waals surface area contributed by atoms with E-state index in [1.165, 1.54) is 38.8 Å². The predicted molar refractivity (Wildman–Crippen MR) is 80.8 cm³/mol. The zero-order chi connectivity index (χ0) is 13.0. The van der Waals surface area contributed by atoms with Crippen molar-refractivity contribution in [1.82, 2.24) is 15.1 Å². The molecule has 3 nitrogen and oxygen atoms in total. The molecule has 0 amide bonds. The fourth-order valence-corrected chi connectivity index (χ4v) is 3.16. The Morgan fingerprint density at radius 3 is 2.61 bits per heavy atom. The summed E-state index contributed by atoms with van der Waals surface area (Å²) in [5.74, 6) is 0.656. The number of piperidine rings is 1. The van der Waals surface area contributed by atoms with Gasteiger partial charge in [-0.2, -0.15) is 0 Å². The minimum absolute atomic E-state index is 0.656. The van der Waals surface area contributed by atoms with Gasteiger partial charge in [-0.25, -0.2) is 0 Å². The third kappa shape index (κ3) is 3.82. The van der Waals surface area contributed by atoms with E-state index in [0.717, 1.165) is 30.8 Å². The van der Waals surface area contributed by atoms with Crippen LogP contribution >= 0.6 is 12.2 Å². The van der Waals surface area contributed by atoms with Crippen LogP contribution in [0.5, 0.6) is 0 Å². The first-order valence-electron chi connectivity index (χ1n) is 7.43. The molecule has 2 aliphatic heterocycles. The van der Waals surface area contributed by atoms with E-state index in [9.17, 15) is 0 Å². The highest BCUT2D eigenvalue weighted by Crippen LogP contribution is 2.20. The van der Waals surface area contributed by atoms with Crippen molar-refractivity contribution in [2.24, 2.45) is 5.92 Å². The number of hydrogen-bond donors (Lipinski definition) is 1. The second-order valence-electron chi connectivity index (χ2n) is 6.07. The van der Waals surface area contributed by atoms with Crippen LogP contribution in [0.3, 0.4) is 0 Å². The van der Waals surface area contributed by atoms with Crippen molar-refractivity contribution < 1.29 is 0 Å². The lowest BCUT2D eigenvalue weighted by molar-refractivity contribution is 0.169. The van der Waals surface area contributed by atoms with Crippen molar-refractivity contribution >= 4 is 17.3 Å². The molecule has 2 heterocycles. The average Bonchev–Trinajstić information content (AvgIpc) is 2.86. The molecule has 1 unspecified atom stereocenters. The van der Waals surface area contributed by atoms with Crippen LogP contribution in [0.1, 0.15) is 39.5 Å². The molecule has 0 aromatic rings. The van der Waals surface area contributed by atoms with Gasteiger partial charge in [0.1, 0.15) is 0 Å². The Balaban J connectivity index is 1.75. The molecule has 104 valence electrons. The van der Waals surface area contributed by atoms with Crippen molar-refractivity contribution in [3.05, 3.63) is 0 Å². The Morgan fingerprint density at radius 1 is 1.22 bits per heavy atom. The van der Waals surface area contributed by atoms with E-state index >= 15 is 0 Å². The standard InChI is InChI=1S/C14H27N3S/c1-12(2)10-15-14(18)17-9-6-13(11-17)16-7-4-3-5-8-16/h12-13H,3-11H2,1-2H3,(H,15,18). The summed E-state index contributed by atoms with van der Waals surface area (Å²) in [5.41, 5.74) is 0. The molecule has 0 saturated carbocycles. The van der Waals surface area contributed by atoms with Gasteiger partial charge in [0.25, 0.3) is 0 Å². The number of nitrogens with one attached hydrogen (secondary N) is 1. The largest absolute Gasteiger partial charge is 0.362 e. The van der Waals surface area contributed by atoms with Crippen LogP contribution in [0, 0.1) is 5.92 Å². The van der Waals surface area contributed by atoms with Crippen molar-refractivity contribution in [3.8, 4) is 0 Å². The number of nitrogens with zero attached hydrogens (tertiary/aromatic N) is 2. The fourth-order valence-electron chi connectivity index (χ4n) is 2.91. The molecule has 0 aliphatic carbocycles. The van der Waals surface area contributed by atoms with Gasteiger partial charge < -0.3 is 10.2 Å². The summed E-state index contributed by atoms with van der Waals surface area (Å²) in [6.45, 7) is 10.3. The molecule has 0 bridgehead atoms. The van der Waals surface area contributed by atoms with Crippen molar-refractivity contribution in [2.45, 2.75) is 45.6 Å². The quantitative estimate of drug-likeness (QED) is 0.790. The Bertz CT molecular complexity index is 274. The summed E-state index contributed by atoms with van der Waals surface area (Å²) in [6.07, 6.45) is 5.46. The molecule has 4 heteroatoms. The lowest BCUT2D eigenvalue weighted by atomic mass is 10.1. The highest BCUT2D eigenvalue weighted by atomic mass is 32.1. The first-order valence-corrected chi connectivity index (χ1v) is 7.84. The van der Waals surface area contributed by atoms with Gasteiger partial charge in [-0.15, -0.1) is 0 Å². The summed E-state index contributed by atoms with van der Waals surface area (Å²) in [7, 11) is 0. The van der Waals surface area contributed by atoms with Crippen LogP contribution < -0.4 is 5.32 Å². The van der Waals surface area contributed by atoms with Gasteiger partial charge in [0.2, 0.25) is 0 Å². The minimum Gasteiger partial charge on any atom is -0.362 e. The predicted octanol–water partition coefficient (Wildman–Crippen LogP) is 2.08. The highest BCUT2D eigenvalue weighted by Gasteiger charge is 2.29. The van der Waals surface area contributed by atoms with E-state index in [4.69, 9.17) is 12.2 Å². The van der Waals surface area contributed by atoms with Gasteiger partial charge in [0, 0.05) is 25.7 Å². The van der Waals surface area contributed by atoms with Crippen LogP contribution in [0.4, 0.5) is 0 Å². The van der Waals surface area contributed by atoms with Crippen LogP contribution in [0.2, 0.25) is 0 Å². The van der Waals surface area contributed by atoms with E-state index in [-0.39, 0.29) is 0 Å². The molecule has 2 saturated heterocycles. The number of thiocarbonyl (C=S) groups is 1. The van der Waals surface area contributed by atoms with Crippen LogP contribution in [-0.2, 0) is 0 Å². The molecule has 2 fully saturated rings. The van der Waals surface area contributed by atoms with Crippen molar-refractivity contribution in [1.29, 1.82) is 0 Å². The summed E-state index contributed by atoms with van der Waals surface area (Å²) >= 11 is 5.48. The Hall–Kier alpha value is -0.350. The third-order valence-electron chi connectivity index (χ3n) is 4.02. The number of rotatable bonds is 3. The second-order valence-corrected chi connectivity index (χ2v) is 6.45. The molecule has 0 aromatic heterocycles. The highest BCUT2D eigenvalue weighted by molar-refractivity contribution is 7.80. The normalized spacial score (nSPS) is 25.7. The summed E-state index contributed by atoms with van der Waals surface area (Å²) in [6, 6.07) is 0.740. The molecule has 0 aromatic carbocycles. The number of likely N-dealkylation sites (tertiary alicyclic amines) is 2. The summed E-state index contributed by atoms with van der Waals surface area (Å²) in [4.78, 5) is 5.03. The summed E-state index contributed by atoms with van der Waals surface area (Å²) < 4.78 is 0. The molecule has 2 aliphatic rings. The fraction of sp³-hybridized carbons (Fsp3) is 0.929. The lowest BCUT2D eigenvalue weighted by Crippen LogP contribution is -2.44. The molecular weight excluding hydrogens is 242 g/mol. The molecular formula is C14H27N3S. The van der Waals surface area contributed by atoms with Gasteiger partial charge in [-0.05, 0) is 50.5 Å². The van der Waals surface area contributed by atoms with Gasteiger partial charge in [-0.1, -0.05) is 20.3 Å². The topological polar surface area (TPSA) is 18.5 Å². The monoisotopic (exact) mass is 269 g/mol. The van der Waals surface area contributed by atoms with Gasteiger partial charge in [0.15, 0.2) is 5.11 Å². The van der Waals surface area contributed by atoms with Crippen LogP contribution in [0.15, 0.2) is 0 Å². The Morgan fingerprint density at radius 2 is 1.94 bits per heavy atom. The van der Waals surface area contributed by atoms with Crippen molar-refractivity contribution in [2.75, 3.05) is 32.7 Å². The maximum Gasteiger partial charge on any atom is 0.168 e. The van der Waals surface area contributed by atoms with E-state index < -0.39 is 0 Å². The molecule has 1 N–H and O–H groups in total. The van der Waals surface area contributed by atoms with Gasteiger partial charge in [0.05, 0.1) is 0 Å². The van der Waals surface area contributed by atoms with Gasteiger partial charge in [-0.3, -0.25) is 4.90 Å². The Labute approximate surface area is 117 Å². The van der Waals surface area contributed by atoms with E-state index in [2.05, 4.69) is 29.0 Å². The molecule has 0 radical (unpaired) electrons. The lowest BCUT2D eigenvalue weighted by Gasteiger charge is -2.32. The van der Waals surface area contributed by atoms with E-state index in [0.29, 0.717) is 5.92 Å². The number of hydrogen-bond acceptors (Lipinski definition) is 2. The Kier molecular flexibility index (Phi) is 5.25. The van der Waals surface area contributed by atoms with Crippen LogP contribution in [-0.4, -0.2) is 53.7 Å². The maximum atomic E-state index is 5.48. The maximum absolute atomic E-state index is 5.48. The second kappa shape index (κ2) is 6.71. The van der Waals surface area contributed by atoms with E-state index in [1.807, 2.05) is 0 Å². The van der Waals surface area contributed by atoms with E-state index in [1.54, 1.807) is 0 Å². The molecule has 2 rings (SSSR count). The SMILES string of the molecule is CC(C)CNC(=S)N1CCC(N2CCCCC2)C1. The first-order chi connectivity index (χ1) is 8.66. The van der Waals surface area contributed by atoms with Crippen molar-refractivity contribution in [3.63, 3.8) is 0 Å². The average molecular weight is 269 g/mol. The van der Waals surface area contributed by atoms with Crippen LogP contribution in [0.25, 0.3) is 0 Å². The molecule has 0 spiro atoms. The first kappa shape index (κ1) is 14.1. The minimum atomic E-state index is 0.656. The smallest absolute Gasteiger partial charge is 0.168 e. The summed E-state index contributed by atoms with van der Waals surface area (Å²) in [5, 5.41) is 4.35. The zero-order valence-corrected chi connectivity index (χ0v) is 12.6. The zero-order valence-electron chi connectivity index (χ0n) is 11.8. The third-order valence-corrected chi connectivity index (χ3v) is 4.42. The molecule has 18 heavy (non-hydrogen) atoms.